The first-order chi connectivity index (χ1) is 6.89. The average Bonchev–Trinajstić information content (AvgIpc) is 2.02. The van der Waals surface area contributed by atoms with Crippen molar-refractivity contribution in [2.24, 2.45) is 0 Å². The van der Waals surface area contributed by atoms with Crippen LogP contribution in [-0.2, 0) is 27.0 Å². The second-order valence-electron chi connectivity index (χ2n) is 2.25. The van der Waals surface area contributed by atoms with Gasteiger partial charge in [-0.3, -0.25) is 13.6 Å². The lowest BCUT2D eigenvalue weighted by Gasteiger charge is -2.18. The first-order valence-corrected chi connectivity index (χ1v) is 7.42. The van der Waals surface area contributed by atoms with Crippen molar-refractivity contribution in [2.45, 2.75) is 20.8 Å². The third-order valence-electron chi connectivity index (χ3n) is 1.07. The molecule has 0 aliphatic rings. The molecule has 1 atom stereocenters. The summed E-state index contributed by atoms with van der Waals surface area (Å²) in [5, 5.41) is 0. The quantitative estimate of drug-likeness (QED) is 0.671. The van der Waals surface area contributed by atoms with Crippen LogP contribution in [0, 0.1) is 0 Å². The molecule has 0 aromatic carbocycles. The molecular weight excluding hydrogens is 246 g/mol. The van der Waals surface area contributed by atoms with Gasteiger partial charge in [-0.05, 0) is 20.8 Å². The van der Waals surface area contributed by atoms with E-state index in [9.17, 15) is 9.13 Å². The highest BCUT2D eigenvalue weighted by Crippen LogP contribution is 2.63. The molecule has 0 aromatic heterocycles. The molecule has 9 heteroatoms. The summed E-state index contributed by atoms with van der Waals surface area (Å²) >= 11 is 0. The standard InChI is InChI=1S/C6H16O7P2/c1-4-10-14(7,8)13-15(9,11-5-2)12-6-3/h4-6H2,1-3H3,(H,7,8). The van der Waals surface area contributed by atoms with E-state index in [4.69, 9.17) is 4.89 Å². The summed E-state index contributed by atoms with van der Waals surface area (Å²) in [6.45, 7) is 4.62. The van der Waals surface area contributed by atoms with Gasteiger partial charge in [-0.15, -0.1) is 0 Å². The average molecular weight is 262 g/mol. The predicted octanol–water partition coefficient (Wildman–Crippen LogP) is 2.32. The van der Waals surface area contributed by atoms with Crippen molar-refractivity contribution in [1.29, 1.82) is 0 Å². The lowest BCUT2D eigenvalue weighted by atomic mass is 10.9. The van der Waals surface area contributed by atoms with Gasteiger partial charge < -0.3 is 4.89 Å². The van der Waals surface area contributed by atoms with Crippen molar-refractivity contribution in [1.82, 2.24) is 0 Å². The van der Waals surface area contributed by atoms with Crippen LogP contribution in [-0.4, -0.2) is 24.7 Å². The summed E-state index contributed by atoms with van der Waals surface area (Å²) in [4.78, 5) is 9.08. The van der Waals surface area contributed by atoms with E-state index >= 15 is 0 Å². The summed E-state index contributed by atoms with van der Waals surface area (Å²) in [6, 6.07) is 0. The van der Waals surface area contributed by atoms with Crippen LogP contribution in [0.1, 0.15) is 20.8 Å². The summed E-state index contributed by atoms with van der Waals surface area (Å²) in [7, 11) is -8.40. The Morgan fingerprint density at radius 2 is 1.33 bits per heavy atom. The van der Waals surface area contributed by atoms with E-state index in [-0.39, 0.29) is 19.8 Å². The van der Waals surface area contributed by atoms with Gasteiger partial charge in [0, 0.05) is 0 Å². The van der Waals surface area contributed by atoms with Gasteiger partial charge in [0.25, 0.3) is 0 Å². The van der Waals surface area contributed by atoms with Crippen molar-refractivity contribution in [3.8, 4) is 0 Å². The van der Waals surface area contributed by atoms with Crippen molar-refractivity contribution in [3.63, 3.8) is 0 Å². The largest absolute Gasteiger partial charge is 0.483 e. The monoisotopic (exact) mass is 262 g/mol. The van der Waals surface area contributed by atoms with E-state index in [2.05, 4.69) is 17.9 Å². The van der Waals surface area contributed by atoms with Crippen LogP contribution < -0.4 is 0 Å². The van der Waals surface area contributed by atoms with E-state index in [1.54, 1.807) is 13.8 Å². The van der Waals surface area contributed by atoms with Crippen LogP contribution in [0.5, 0.6) is 0 Å². The zero-order valence-electron chi connectivity index (χ0n) is 8.91. The molecule has 0 rings (SSSR count). The molecule has 7 nitrogen and oxygen atoms in total. The topological polar surface area (TPSA) is 91.3 Å². The van der Waals surface area contributed by atoms with Gasteiger partial charge in [-0.25, -0.2) is 9.13 Å². The normalized spacial score (nSPS) is 16.3. The highest BCUT2D eigenvalue weighted by Gasteiger charge is 2.37. The minimum Gasteiger partial charge on any atom is -0.302 e. The SMILES string of the molecule is CCOP(=O)(O)OP(=O)(OCC)OCC. The molecule has 0 heterocycles. The molecule has 0 aliphatic carbocycles. The third kappa shape index (κ3) is 6.43. The number of phosphoric ester groups is 2. The third-order valence-corrected chi connectivity index (χ3v) is 4.43. The molecule has 92 valence electrons. The maximum atomic E-state index is 11.6. The van der Waals surface area contributed by atoms with Crippen LogP contribution >= 0.6 is 15.6 Å². The Bertz CT molecular complexity index is 256. The van der Waals surface area contributed by atoms with E-state index in [1.165, 1.54) is 6.92 Å². The number of phosphoric acid groups is 2. The molecule has 0 spiro atoms. The van der Waals surface area contributed by atoms with Gasteiger partial charge in [0.1, 0.15) is 0 Å². The predicted molar refractivity (Wildman–Crippen MR) is 53.4 cm³/mol. The lowest BCUT2D eigenvalue weighted by molar-refractivity contribution is 0.136. The highest BCUT2D eigenvalue weighted by atomic mass is 31.3. The highest BCUT2D eigenvalue weighted by molar-refractivity contribution is 7.61. The molecular formula is C6H16O7P2. The molecule has 0 amide bonds. The van der Waals surface area contributed by atoms with E-state index in [1.807, 2.05) is 0 Å². The summed E-state index contributed by atoms with van der Waals surface area (Å²) < 4.78 is 40.8. The number of rotatable bonds is 8. The van der Waals surface area contributed by atoms with Gasteiger partial charge in [-0.1, -0.05) is 0 Å². The Hall–Kier alpha value is 0.260. The molecule has 0 aromatic rings. The summed E-state index contributed by atoms with van der Waals surface area (Å²) in [5.41, 5.74) is 0. The van der Waals surface area contributed by atoms with Crippen molar-refractivity contribution in [2.75, 3.05) is 19.8 Å². The molecule has 1 unspecified atom stereocenters. The van der Waals surface area contributed by atoms with E-state index < -0.39 is 15.6 Å². The Labute approximate surface area is 88.9 Å². The van der Waals surface area contributed by atoms with Gasteiger partial charge in [0.15, 0.2) is 0 Å². The van der Waals surface area contributed by atoms with Gasteiger partial charge >= 0.3 is 15.6 Å². The van der Waals surface area contributed by atoms with Gasteiger partial charge in [-0.2, -0.15) is 4.31 Å². The second kappa shape index (κ2) is 6.76. The first-order valence-electron chi connectivity index (χ1n) is 4.47. The van der Waals surface area contributed by atoms with Gasteiger partial charge in [0.05, 0.1) is 19.8 Å². The fourth-order valence-corrected chi connectivity index (χ4v) is 3.32. The van der Waals surface area contributed by atoms with E-state index in [0.29, 0.717) is 0 Å². The number of hydrogen-bond acceptors (Lipinski definition) is 6. The molecule has 0 radical (unpaired) electrons. The zero-order valence-corrected chi connectivity index (χ0v) is 10.7. The molecule has 0 fully saturated rings. The Morgan fingerprint density at radius 1 is 0.933 bits per heavy atom. The maximum Gasteiger partial charge on any atom is 0.483 e. The molecule has 0 saturated carbocycles. The smallest absolute Gasteiger partial charge is 0.302 e. The second-order valence-corrected chi connectivity index (χ2v) is 5.51. The maximum absolute atomic E-state index is 11.6. The van der Waals surface area contributed by atoms with Gasteiger partial charge in [0.2, 0.25) is 0 Å². The van der Waals surface area contributed by atoms with Crippen molar-refractivity contribution >= 4 is 15.6 Å². The fourth-order valence-electron chi connectivity index (χ4n) is 0.714. The summed E-state index contributed by atoms with van der Waals surface area (Å²) in [5.74, 6) is 0. The van der Waals surface area contributed by atoms with Crippen LogP contribution in [0.15, 0.2) is 0 Å². The number of hydrogen-bond donors (Lipinski definition) is 1. The minimum atomic E-state index is -4.39. The zero-order chi connectivity index (χ0) is 11.9. The molecule has 1 N–H and O–H groups in total. The fraction of sp³-hybridized carbons (Fsp3) is 1.00. The minimum absolute atomic E-state index is 0.0312. The Balaban J connectivity index is 4.53. The van der Waals surface area contributed by atoms with Crippen LogP contribution in [0.2, 0.25) is 0 Å². The molecule has 0 bridgehead atoms. The van der Waals surface area contributed by atoms with Crippen LogP contribution in [0.25, 0.3) is 0 Å². The van der Waals surface area contributed by atoms with Crippen LogP contribution in [0.4, 0.5) is 0 Å². The lowest BCUT2D eigenvalue weighted by Crippen LogP contribution is -2.00. The molecule has 15 heavy (non-hydrogen) atoms. The molecule has 0 aliphatic heterocycles. The molecule has 0 saturated heterocycles. The Morgan fingerprint density at radius 3 is 1.67 bits per heavy atom. The van der Waals surface area contributed by atoms with E-state index in [0.717, 1.165) is 0 Å². The van der Waals surface area contributed by atoms with Crippen LogP contribution in [0.3, 0.4) is 0 Å². The van der Waals surface area contributed by atoms with Crippen molar-refractivity contribution in [3.05, 3.63) is 0 Å². The van der Waals surface area contributed by atoms with Crippen molar-refractivity contribution < 1.29 is 31.9 Å². The summed E-state index contributed by atoms with van der Waals surface area (Å²) in [6.07, 6.45) is 0. The first kappa shape index (κ1) is 15.3. The Kier molecular flexibility index (Phi) is 6.88.